The average molecular weight is 133 g/mol. The number of rotatable bonds is 0. The van der Waals surface area contributed by atoms with Gasteiger partial charge in [-0.15, -0.1) is 23.4 Å². The molecule has 0 rings (SSSR count). The van der Waals surface area contributed by atoms with E-state index in [-0.39, 0.29) is 17.0 Å². The maximum atomic E-state index is 4.66. The van der Waals surface area contributed by atoms with Crippen molar-refractivity contribution < 1.29 is 0 Å². The standard InChI is InChI=1S/C4H4.BrH/c1-3-4-2;/h1,4H,2H2;1H. The summed E-state index contributed by atoms with van der Waals surface area (Å²) in [5, 5.41) is 0. The third kappa shape index (κ3) is 19.7. The Morgan fingerprint density at radius 3 is 2.00 bits per heavy atom. The molecule has 0 spiro atoms. The SMILES string of the molecule is Br.C#CC=C. The molecule has 0 N–H and O–H groups in total. The van der Waals surface area contributed by atoms with Crippen molar-refractivity contribution in [2.45, 2.75) is 0 Å². The van der Waals surface area contributed by atoms with E-state index in [1.165, 1.54) is 6.08 Å². The van der Waals surface area contributed by atoms with E-state index in [1.54, 1.807) is 0 Å². The molecule has 1 heteroatoms. The second kappa shape index (κ2) is 9.22. The lowest BCUT2D eigenvalue weighted by Gasteiger charge is -1.38. The second-order valence-corrected chi connectivity index (χ2v) is 0.371. The lowest BCUT2D eigenvalue weighted by molar-refractivity contribution is 2.34. The van der Waals surface area contributed by atoms with Crippen molar-refractivity contribution in [3.63, 3.8) is 0 Å². The molecule has 0 aliphatic carbocycles. The molecule has 0 radical (unpaired) electrons. The summed E-state index contributed by atoms with van der Waals surface area (Å²) >= 11 is 0. The quantitative estimate of drug-likeness (QED) is 0.438. The van der Waals surface area contributed by atoms with Crippen LogP contribution in [0.2, 0.25) is 0 Å². The molecule has 0 bridgehead atoms. The van der Waals surface area contributed by atoms with Crippen LogP contribution < -0.4 is 0 Å². The lowest BCUT2D eigenvalue weighted by Crippen LogP contribution is -1.24. The summed E-state index contributed by atoms with van der Waals surface area (Å²) < 4.78 is 0. The van der Waals surface area contributed by atoms with Crippen molar-refractivity contribution in [1.82, 2.24) is 0 Å². The molecule has 28 valence electrons. The summed E-state index contributed by atoms with van der Waals surface area (Å²) in [6, 6.07) is 0. The fraction of sp³-hybridized carbons (Fsp3) is 0. The minimum absolute atomic E-state index is 0. The van der Waals surface area contributed by atoms with Gasteiger partial charge in [0, 0.05) is 0 Å². The Kier molecular flexibility index (Phi) is 16.3. The topological polar surface area (TPSA) is 0 Å². The monoisotopic (exact) mass is 132 g/mol. The molecule has 0 atom stereocenters. The van der Waals surface area contributed by atoms with Gasteiger partial charge in [0.05, 0.1) is 0 Å². The van der Waals surface area contributed by atoms with Gasteiger partial charge in [-0.05, 0) is 6.08 Å². The molecule has 0 amide bonds. The van der Waals surface area contributed by atoms with Crippen molar-refractivity contribution >= 4 is 17.0 Å². The largest absolute Gasteiger partial charge is 0.115 e. The molecule has 5 heavy (non-hydrogen) atoms. The summed E-state index contributed by atoms with van der Waals surface area (Å²) in [7, 11) is 0. The summed E-state index contributed by atoms with van der Waals surface area (Å²) in [6.07, 6.45) is 6.06. The van der Waals surface area contributed by atoms with Crippen molar-refractivity contribution in [2.24, 2.45) is 0 Å². The number of hydrogen-bond donors (Lipinski definition) is 0. The predicted molar refractivity (Wildman–Crippen MR) is 29.4 cm³/mol. The first-order valence-electron chi connectivity index (χ1n) is 0.986. The van der Waals surface area contributed by atoms with Gasteiger partial charge in [0.15, 0.2) is 0 Å². The molecular weight excluding hydrogens is 128 g/mol. The van der Waals surface area contributed by atoms with Gasteiger partial charge in [-0.1, -0.05) is 12.5 Å². The normalized spacial score (nSPS) is 3.00. The van der Waals surface area contributed by atoms with Crippen LogP contribution in [0.3, 0.4) is 0 Å². The lowest BCUT2D eigenvalue weighted by atomic mass is 10.7. The highest BCUT2D eigenvalue weighted by Gasteiger charge is 1.26. The highest BCUT2D eigenvalue weighted by Crippen LogP contribution is 1.41. The minimum atomic E-state index is 0. The third-order valence-electron chi connectivity index (χ3n) is 0.118. The average Bonchev–Trinajstić information content (AvgIpc) is 1.37. The van der Waals surface area contributed by atoms with Crippen LogP contribution >= 0.6 is 17.0 Å². The predicted octanol–water partition coefficient (Wildman–Crippen LogP) is 1.38. The van der Waals surface area contributed by atoms with Crippen LogP contribution in [0.15, 0.2) is 12.7 Å². The Hall–Kier alpha value is -0.220. The van der Waals surface area contributed by atoms with Crippen LogP contribution in [0, 0.1) is 12.3 Å². The molecule has 0 unspecified atom stereocenters. The summed E-state index contributed by atoms with van der Waals surface area (Å²) in [6.45, 7) is 3.24. The van der Waals surface area contributed by atoms with E-state index >= 15 is 0 Å². The van der Waals surface area contributed by atoms with E-state index in [9.17, 15) is 0 Å². The van der Waals surface area contributed by atoms with Gasteiger partial charge in [0.25, 0.3) is 0 Å². The zero-order valence-corrected chi connectivity index (χ0v) is 4.48. The highest BCUT2D eigenvalue weighted by atomic mass is 79.9. The van der Waals surface area contributed by atoms with E-state index < -0.39 is 0 Å². The zero-order chi connectivity index (χ0) is 3.41. The minimum Gasteiger partial charge on any atom is -0.115 e. The molecule has 0 heterocycles. The third-order valence-corrected chi connectivity index (χ3v) is 0.118. The van der Waals surface area contributed by atoms with Gasteiger partial charge in [-0.2, -0.15) is 0 Å². The maximum absolute atomic E-state index is 4.66. The van der Waals surface area contributed by atoms with Crippen LogP contribution in [0.4, 0.5) is 0 Å². The van der Waals surface area contributed by atoms with E-state index in [1.807, 2.05) is 0 Å². The molecule has 0 fully saturated rings. The van der Waals surface area contributed by atoms with Crippen LogP contribution in [0.1, 0.15) is 0 Å². The van der Waals surface area contributed by atoms with Crippen LogP contribution in [-0.4, -0.2) is 0 Å². The molecule has 0 aromatic heterocycles. The number of halogens is 1. The Bertz CT molecular complexity index is 49.2. The summed E-state index contributed by atoms with van der Waals surface area (Å²) in [5.41, 5.74) is 0. The van der Waals surface area contributed by atoms with Crippen molar-refractivity contribution in [3.05, 3.63) is 12.7 Å². The Balaban J connectivity index is 0. The van der Waals surface area contributed by atoms with Crippen LogP contribution in [-0.2, 0) is 0 Å². The zero-order valence-electron chi connectivity index (χ0n) is 2.77. The van der Waals surface area contributed by atoms with Crippen LogP contribution in [0.5, 0.6) is 0 Å². The molecule has 0 saturated carbocycles. The molecule has 0 nitrogen and oxygen atoms in total. The van der Waals surface area contributed by atoms with E-state index in [2.05, 4.69) is 18.9 Å². The number of allylic oxidation sites excluding steroid dienone is 1. The van der Waals surface area contributed by atoms with E-state index in [4.69, 9.17) is 0 Å². The first-order valence-corrected chi connectivity index (χ1v) is 0.986. The molecule has 0 saturated heterocycles. The summed E-state index contributed by atoms with van der Waals surface area (Å²) in [5.74, 6) is 2.19. The van der Waals surface area contributed by atoms with Gasteiger partial charge in [0.2, 0.25) is 0 Å². The molecular formula is C4H5Br. The molecule has 0 aliphatic heterocycles. The van der Waals surface area contributed by atoms with Gasteiger partial charge in [-0.3, -0.25) is 0 Å². The Morgan fingerprint density at radius 1 is 1.80 bits per heavy atom. The van der Waals surface area contributed by atoms with Gasteiger partial charge >= 0.3 is 0 Å². The fourth-order valence-electron chi connectivity index (χ4n) is 0. The maximum Gasteiger partial charge on any atom is -0.0194 e. The molecule has 0 aliphatic rings. The van der Waals surface area contributed by atoms with Gasteiger partial charge in [0.1, 0.15) is 0 Å². The smallest absolute Gasteiger partial charge is 0.0194 e. The second-order valence-electron chi connectivity index (χ2n) is 0.371. The van der Waals surface area contributed by atoms with Crippen molar-refractivity contribution in [3.8, 4) is 12.3 Å². The molecule has 0 aromatic carbocycles. The first kappa shape index (κ1) is 8.84. The number of hydrogen-bond acceptors (Lipinski definition) is 0. The summed E-state index contributed by atoms with van der Waals surface area (Å²) in [4.78, 5) is 0. The highest BCUT2D eigenvalue weighted by molar-refractivity contribution is 8.93. The van der Waals surface area contributed by atoms with Crippen molar-refractivity contribution in [1.29, 1.82) is 0 Å². The van der Waals surface area contributed by atoms with Gasteiger partial charge < -0.3 is 0 Å². The Morgan fingerprint density at radius 2 is 2.00 bits per heavy atom. The molecule has 0 aromatic rings. The van der Waals surface area contributed by atoms with E-state index in [0.29, 0.717) is 0 Å². The Labute approximate surface area is 42.7 Å². The van der Waals surface area contributed by atoms with Gasteiger partial charge in [-0.25, -0.2) is 0 Å². The van der Waals surface area contributed by atoms with E-state index in [0.717, 1.165) is 0 Å². The fourth-order valence-corrected chi connectivity index (χ4v) is 0. The first-order chi connectivity index (χ1) is 1.91. The number of terminal acetylenes is 1. The van der Waals surface area contributed by atoms with Crippen LogP contribution in [0.25, 0.3) is 0 Å². The van der Waals surface area contributed by atoms with Crippen molar-refractivity contribution in [2.75, 3.05) is 0 Å².